The number of unbranched alkanes of at least 4 members (excludes halogenated alkanes) is 1. The number of aromatic nitrogens is 1. The standard InChI is InChI=1S/C21H21N3O2S/c1-2-3-4-15-5-7-17(8-6-15)23-21(26)19-18(11-14-27-19)24-20(25)16-9-12-22-13-10-16/h5-14H,2-4H2,1H3,(H,23,26)(H,24,25). The first-order chi connectivity index (χ1) is 13.2. The molecule has 0 fully saturated rings. The van der Waals surface area contributed by atoms with Crippen molar-refractivity contribution in [1.82, 2.24) is 4.98 Å². The Morgan fingerprint density at radius 1 is 0.963 bits per heavy atom. The van der Waals surface area contributed by atoms with E-state index in [1.165, 1.54) is 16.9 Å². The lowest BCUT2D eigenvalue weighted by Crippen LogP contribution is -2.16. The van der Waals surface area contributed by atoms with Gasteiger partial charge in [-0.15, -0.1) is 11.3 Å². The number of carbonyl (C=O) groups excluding carboxylic acids is 2. The molecule has 0 aliphatic heterocycles. The summed E-state index contributed by atoms with van der Waals surface area (Å²) in [4.78, 5) is 29.3. The van der Waals surface area contributed by atoms with Crippen LogP contribution in [0.2, 0.25) is 0 Å². The van der Waals surface area contributed by atoms with E-state index in [0.29, 0.717) is 16.1 Å². The number of pyridine rings is 1. The van der Waals surface area contributed by atoms with E-state index in [-0.39, 0.29) is 11.8 Å². The molecule has 0 saturated heterocycles. The molecule has 2 N–H and O–H groups in total. The van der Waals surface area contributed by atoms with E-state index in [1.54, 1.807) is 36.0 Å². The van der Waals surface area contributed by atoms with Gasteiger partial charge in [0.05, 0.1) is 5.69 Å². The Balaban J connectivity index is 1.66. The molecule has 5 nitrogen and oxygen atoms in total. The molecule has 0 unspecified atom stereocenters. The summed E-state index contributed by atoms with van der Waals surface area (Å²) < 4.78 is 0. The van der Waals surface area contributed by atoms with Crippen LogP contribution in [0.5, 0.6) is 0 Å². The summed E-state index contributed by atoms with van der Waals surface area (Å²) in [5, 5.41) is 7.46. The van der Waals surface area contributed by atoms with Crippen molar-refractivity contribution in [2.45, 2.75) is 26.2 Å². The van der Waals surface area contributed by atoms with E-state index >= 15 is 0 Å². The van der Waals surface area contributed by atoms with E-state index in [9.17, 15) is 9.59 Å². The van der Waals surface area contributed by atoms with Crippen LogP contribution in [0.1, 0.15) is 45.4 Å². The fourth-order valence-corrected chi connectivity index (χ4v) is 3.35. The number of benzene rings is 1. The molecule has 0 radical (unpaired) electrons. The van der Waals surface area contributed by atoms with Crippen LogP contribution in [-0.4, -0.2) is 16.8 Å². The molecule has 27 heavy (non-hydrogen) atoms. The summed E-state index contributed by atoms with van der Waals surface area (Å²) in [6.07, 6.45) is 6.47. The van der Waals surface area contributed by atoms with Gasteiger partial charge in [-0.05, 0) is 54.1 Å². The quantitative estimate of drug-likeness (QED) is 0.607. The number of nitrogens with zero attached hydrogens (tertiary/aromatic N) is 1. The highest BCUT2D eigenvalue weighted by Crippen LogP contribution is 2.24. The SMILES string of the molecule is CCCCc1ccc(NC(=O)c2sccc2NC(=O)c2ccncc2)cc1. The van der Waals surface area contributed by atoms with E-state index in [4.69, 9.17) is 0 Å². The molecule has 2 aromatic heterocycles. The van der Waals surface area contributed by atoms with Gasteiger partial charge in [0.2, 0.25) is 0 Å². The third kappa shape index (κ3) is 5.01. The third-order valence-corrected chi connectivity index (χ3v) is 5.01. The second kappa shape index (κ2) is 9.09. The number of carbonyl (C=O) groups is 2. The van der Waals surface area contributed by atoms with Crippen LogP contribution in [0.15, 0.2) is 60.2 Å². The normalized spacial score (nSPS) is 10.4. The minimum atomic E-state index is -0.273. The largest absolute Gasteiger partial charge is 0.321 e. The molecule has 138 valence electrons. The monoisotopic (exact) mass is 379 g/mol. The molecule has 1 aromatic carbocycles. The second-order valence-corrected chi connectivity index (χ2v) is 7.02. The highest BCUT2D eigenvalue weighted by molar-refractivity contribution is 7.12. The van der Waals surface area contributed by atoms with Gasteiger partial charge < -0.3 is 10.6 Å². The zero-order chi connectivity index (χ0) is 19.1. The topological polar surface area (TPSA) is 71.1 Å². The maximum absolute atomic E-state index is 12.6. The molecule has 0 spiro atoms. The number of amides is 2. The Labute approximate surface area is 162 Å². The lowest BCUT2D eigenvalue weighted by Gasteiger charge is -2.08. The molecule has 2 heterocycles. The number of hydrogen-bond acceptors (Lipinski definition) is 4. The van der Waals surface area contributed by atoms with Gasteiger partial charge in [-0.3, -0.25) is 14.6 Å². The van der Waals surface area contributed by atoms with Crippen LogP contribution in [0.25, 0.3) is 0 Å². The molecule has 6 heteroatoms. The summed E-state index contributed by atoms with van der Waals surface area (Å²) >= 11 is 1.29. The smallest absolute Gasteiger partial charge is 0.267 e. The average molecular weight is 379 g/mol. The van der Waals surface area contributed by atoms with Gasteiger partial charge in [0.1, 0.15) is 4.88 Å². The highest BCUT2D eigenvalue weighted by atomic mass is 32.1. The average Bonchev–Trinajstić information content (AvgIpc) is 3.16. The number of hydrogen-bond donors (Lipinski definition) is 2. The Morgan fingerprint density at radius 3 is 2.41 bits per heavy atom. The Morgan fingerprint density at radius 2 is 1.70 bits per heavy atom. The Hall–Kier alpha value is -2.99. The van der Waals surface area contributed by atoms with Crippen molar-refractivity contribution in [3.8, 4) is 0 Å². The summed E-state index contributed by atoms with van der Waals surface area (Å²) in [5.74, 6) is -0.513. The Bertz CT molecular complexity index is 905. The molecule has 0 saturated carbocycles. The van der Waals surface area contributed by atoms with Crippen molar-refractivity contribution < 1.29 is 9.59 Å². The minimum Gasteiger partial charge on any atom is -0.321 e. The van der Waals surface area contributed by atoms with Crippen LogP contribution in [0, 0.1) is 0 Å². The second-order valence-electron chi connectivity index (χ2n) is 6.11. The molecule has 0 bridgehead atoms. The molecule has 3 rings (SSSR count). The first-order valence-corrected chi connectivity index (χ1v) is 9.74. The van der Waals surface area contributed by atoms with E-state index in [2.05, 4.69) is 22.5 Å². The van der Waals surface area contributed by atoms with Crippen LogP contribution in [0.3, 0.4) is 0 Å². The van der Waals surface area contributed by atoms with Gasteiger partial charge >= 0.3 is 0 Å². The third-order valence-electron chi connectivity index (χ3n) is 4.09. The Kier molecular flexibility index (Phi) is 6.33. The maximum atomic E-state index is 12.6. The van der Waals surface area contributed by atoms with Crippen molar-refractivity contribution >= 4 is 34.5 Å². The van der Waals surface area contributed by atoms with Crippen molar-refractivity contribution in [3.05, 3.63) is 76.2 Å². The van der Waals surface area contributed by atoms with Gasteiger partial charge in [0.15, 0.2) is 0 Å². The number of thiophene rings is 1. The van der Waals surface area contributed by atoms with Crippen LogP contribution < -0.4 is 10.6 Å². The van der Waals surface area contributed by atoms with Crippen molar-refractivity contribution in [3.63, 3.8) is 0 Å². The zero-order valence-corrected chi connectivity index (χ0v) is 15.9. The first-order valence-electron chi connectivity index (χ1n) is 8.86. The number of anilines is 2. The van der Waals surface area contributed by atoms with E-state index in [0.717, 1.165) is 24.9 Å². The molecule has 0 aliphatic rings. The molecular formula is C21H21N3O2S. The summed E-state index contributed by atoms with van der Waals surface area (Å²) in [6.45, 7) is 2.17. The fraction of sp³-hybridized carbons (Fsp3) is 0.190. The first kappa shape index (κ1) is 18.8. The lowest BCUT2D eigenvalue weighted by molar-refractivity contribution is 0.102. The summed E-state index contributed by atoms with van der Waals surface area (Å²) in [6, 6.07) is 12.9. The van der Waals surface area contributed by atoms with Crippen molar-refractivity contribution in [2.24, 2.45) is 0 Å². The zero-order valence-electron chi connectivity index (χ0n) is 15.1. The number of nitrogens with one attached hydrogen (secondary N) is 2. The highest BCUT2D eigenvalue weighted by Gasteiger charge is 2.16. The van der Waals surface area contributed by atoms with Gasteiger partial charge in [0, 0.05) is 23.6 Å². The van der Waals surface area contributed by atoms with Gasteiger partial charge in [-0.2, -0.15) is 0 Å². The minimum absolute atomic E-state index is 0.240. The predicted molar refractivity (Wildman–Crippen MR) is 110 cm³/mol. The number of aryl methyl sites for hydroxylation is 1. The van der Waals surface area contributed by atoms with Crippen LogP contribution in [0.4, 0.5) is 11.4 Å². The van der Waals surface area contributed by atoms with Gasteiger partial charge in [0.25, 0.3) is 11.8 Å². The molecule has 0 aliphatic carbocycles. The van der Waals surface area contributed by atoms with Gasteiger partial charge in [-0.1, -0.05) is 25.5 Å². The molecular weight excluding hydrogens is 358 g/mol. The van der Waals surface area contributed by atoms with Crippen LogP contribution >= 0.6 is 11.3 Å². The van der Waals surface area contributed by atoms with Crippen molar-refractivity contribution in [2.75, 3.05) is 10.6 Å². The maximum Gasteiger partial charge on any atom is 0.267 e. The molecule has 2 amide bonds. The van der Waals surface area contributed by atoms with Gasteiger partial charge in [-0.25, -0.2) is 0 Å². The molecule has 0 atom stereocenters. The number of rotatable bonds is 7. The molecule has 3 aromatic rings. The summed E-state index contributed by atoms with van der Waals surface area (Å²) in [5.41, 5.74) is 2.99. The van der Waals surface area contributed by atoms with Crippen molar-refractivity contribution in [1.29, 1.82) is 0 Å². The van der Waals surface area contributed by atoms with E-state index in [1.807, 2.05) is 24.3 Å². The predicted octanol–water partition coefficient (Wildman–Crippen LogP) is 4.99. The van der Waals surface area contributed by atoms with E-state index < -0.39 is 0 Å². The lowest BCUT2D eigenvalue weighted by atomic mass is 10.1. The summed E-state index contributed by atoms with van der Waals surface area (Å²) in [7, 11) is 0. The fourth-order valence-electron chi connectivity index (χ4n) is 2.60. The van der Waals surface area contributed by atoms with Crippen LogP contribution in [-0.2, 0) is 6.42 Å².